The predicted molar refractivity (Wildman–Crippen MR) is 103 cm³/mol. The molecule has 0 radical (unpaired) electrons. The van der Waals surface area contributed by atoms with Crippen molar-refractivity contribution in [3.05, 3.63) is 0 Å². The van der Waals surface area contributed by atoms with Crippen LogP contribution >= 0.6 is 25.3 Å². The minimum Gasteiger partial charge on any atom is -0.481 e. The van der Waals surface area contributed by atoms with Gasteiger partial charge in [0.15, 0.2) is 0 Å². The third-order valence-corrected chi connectivity index (χ3v) is 3.90. The Labute approximate surface area is 160 Å². The molecular formula is C16H32O7S2. The fourth-order valence-electron chi connectivity index (χ4n) is 2.32. The van der Waals surface area contributed by atoms with Gasteiger partial charge in [-0.2, -0.15) is 25.3 Å². The molecule has 2 saturated carbocycles. The lowest BCUT2D eigenvalue weighted by Gasteiger charge is -2.16. The predicted octanol–water partition coefficient (Wildman–Crippen LogP) is 1.86. The first-order chi connectivity index (χ1) is 11.9. The topological polar surface area (TPSA) is 124 Å². The molecule has 0 unspecified atom stereocenters. The summed E-state index contributed by atoms with van der Waals surface area (Å²) >= 11 is 6.83. The Hall–Kier alpha value is -0.480. The zero-order valence-corrected chi connectivity index (χ0v) is 16.3. The number of aliphatic hydroxyl groups excluding tert-OH is 2. The lowest BCUT2D eigenvalue weighted by molar-refractivity contribution is -0.134. The third kappa shape index (κ3) is 21.5. The van der Waals surface area contributed by atoms with E-state index in [9.17, 15) is 9.59 Å². The first-order valence-electron chi connectivity index (χ1n) is 8.43. The molecule has 0 atom stereocenters. The molecule has 0 heterocycles. The Kier molecular flexibility index (Phi) is 21.2. The van der Waals surface area contributed by atoms with Crippen molar-refractivity contribution in [1.82, 2.24) is 0 Å². The molecule has 0 aromatic carbocycles. The van der Waals surface area contributed by atoms with Crippen molar-refractivity contribution >= 4 is 37.2 Å². The van der Waals surface area contributed by atoms with Gasteiger partial charge in [-0.05, 0) is 25.7 Å². The van der Waals surface area contributed by atoms with E-state index in [1.165, 1.54) is 51.4 Å². The first kappa shape index (κ1) is 26.7. The van der Waals surface area contributed by atoms with Crippen LogP contribution in [0.5, 0.6) is 0 Å². The Morgan fingerprint density at radius 1 is 0.760 bits per heavy atom. The molecule has 0 saturated heterocycles. The molecule has 2 aliphatic carbocycles. The standard InChI is InChI=1S/C10H18O.2C2H4O2S.C2H6O2/c1-2-6-9(5-1)11-10-7-3-4-8-10;2*3-2(4)1-5;3-1-2-4/h9-10H,1-8H2;2*5H,1H2,(H,3,4);3-4H,1-2H2. The van der Waals surface area contributed by atoms with Crippen molar-refractivity contribution in [2.75, 3.05) is 24.7 Å². The van der Waals surface area contributed by atoms with Gasteiger partial charge < -0.3 is 25.2 Å². The number of carbonyl (C=O) groups is 2. The van der Waals surface area contributed by atoms with Gasteiger partial charge in [0, 0.05) is 0 Å². The minimum atomic E-state index is -0.881. The van der Waals surface area contributed by atoms with E-state index < -0.39 is 11.9 Å². The molecule has 2 aliphatic rings. The molecule has 0 aromatic heterocycles. The van der Waals surface area contributed by atoms with E-state index in [1.807, 2.05) is 0 Å². The molecule has 2 fully saturated rings. The number of hydrogen-bond acceptors (Lipinski definition) is 7. The zero-order chi connectivity index (χ0) is 19.5. The van der Waals surface area contributed by atoms with Crippen LogP contribution in [0.2, 0.25) is 0 Å². The maximum Gasteiger partial charge on any atom is 0.313 e. The summed E-state index contributed by atoms with van der Waals surface area (Å²) in [4.78, 5) is 18.6. The van der Waals surface area contributed by atoms with E-state index in [0.717, 1.165) is 0 Å². The maximum absolute atomic E-state index is 9.29. The fraction of sp³-hybridized carbons (Fsp3) is 0.875. The van der Waals surface area contributed by atoms with Crippen LogP contribution in [-0.2, 0) is 14.3 Å². The molecule has 0 amide bonds. The minimum absolute atomic E-state index is 0.0833. The van der Waals surface area contributed by atoms with E-state index in [2.05, 4.69) is 25.3 Å². The van der Waals surface area contributed by atoms with E-state index in [4.69, 9.17) is 25.2 Å². The van der Waals surface area contributed by atoms with Crippen LogP contribution in [0.4, 0.5) is 0 Å². The highest BCUT2D eigenvalue weighted by Gasteiger charge is 2.22. The number of carboxylic acids is 2. The van der Waals surface area contributed by atoms with Gasteiger partial charge in [0.2, 0.25) is 0 Å². The molecular weight excluding hydrogens is 368 g/mol. The summed E-state index contributed by atoms with van der Waals surface area (Å²) in [6.45, 7) is -0.250. The molecule has 25 heavy (non-hydrogen) atoms. The smallest absolute Gasteiger partial charge is 0.313 e. The van der Waals surface area contributed by atoms with Gasteiger partial charge in [-0.3, -0.25) is 9.59 Å². The average Bonchev–Trinajstić information content (AvgIpc) is 3.30. The number of rotatable bonds is 5. The van der Waals surface area contributed by atoms with Gasteiger partial charge in [-0.1, -0.05) is 25.7 Å². The number of carboxylic acid groups (broad SMARTS) is 2. The second-order valence-corrected chi connectivity index (χ2v) is 6.13. The van der Waals surface area contributed by atoms with Gasteiger partial charge in [0.1, 0.15) is 0 Å². The van der Waals surface area contributed by atoms with Crippen molar-refractivity contribution in [1.29, 1.82) is 0 Å². The summed E-state index contributed by atoms with van der Waals surface area (Å²) in [6.07, 6.45) is 12.2. The highest BCUT2D eigenvalue weighted by molar-refractivity contribution is 7.81. The van der Waals surface area contributed by atoms with E-state index >= 15 is 0 Å². The average molecular weight is 401 g/mol. The number of hydrogen-bond donors (Lipinski definition) is 6. The van der Waals surface area contributed by atoms with E-state index in [-0.39, 0.29) is 24.7 Å². The molecule has 0 aliphatic heterocycles. The van der Waals surface area contributed by atoms with Crippen molar-refractivity contribution in [2.45, 2.75) is 63.6 Å². The van der Waals surface area contributed by atoms with Crippen LogP contribution in [0, 0.1) is 0 Å². The summed E-state index contributed by atoms with van der Waals surface area (Å²) in [5.74, 6) is -1.93. The first-order valence-corrected chi connectivity index (χ1v) is 9.70. The highest BCUT2D eigenvalue weighted by Crippen LogP contribution is 2.28. The van der Waals surface area contributed by atoms with Gasteiger partial charge in [0.05, 0.1) is 36.9 Å². The Bertz CT molecular complexity index is 288. The Morgan fingerprint density at radius 3 is 1.16 bits per heavy atom. The van der Waals surface area contributed by atoms with Crippen molar-refractivity contribution < 1.29 is 34.8 Å². The molecule has 0 spiro atoms. The van der Waals surface area contributed by atoms with Gasteiger partial charge in [-0.25, -0.2) is 0 Å². The summed E-state index contributed by atoms with van der Waals surface area (Å²) in [7, 11) is 0. The summed E-state index contributed by atoms with van der Waals surface area (Å²) in [5, 5.41) is 30.5. The lowest BCUT2D eigenvalue weighted by atomic mass is 10.2. The van der Waals surface area contributed by atoms with Crippen molar-refractivity contribution in [3.63, 3.8) is 0 Å². The van der Waals surface area contributed by atoms with Crippen LogP contribution in [0.15, 0.2) is 0 Å². The second-order valence-electron chi connectivity index (χ2n) is 5.50. The largest absolute Gasteiger partial charge is 0.481 e. The van der Waals surface area contributed by atoms with E-state index in [0.29, 0.717) is 12.2 Å². The third-order valence-electron chi connectivity index (χ3n) is 3.36. The molecule has 2 rings (SSSR count). The number of thiol groups is 2. The summed E-state index contributed by atoms with van der Waals surface area (Å²) in [6, 6.07) is 0. The van der Waals surface area contributed by atoms with Crippen molar-refractivity contribution in [2.24, 2.45) is 0 Å². The zero-order valence-electron chi connectivity index (χ0n) is 14.5. The quantitative estimate of drug-likeness (QED) is 0.389. The highest BCUT2D eigenvalue weighted by atomic mass is 32.1. The maximum atomic E-state index is 9.29. The summed E-state index contributed by atoms with van der Waals surface area (Å²) < 4.78 is 5.97. The molecule has 150 valence electrons. The van der Waals surface area contributed by atoms with Crippen molar-refractivity contribution in [3.8, 4) is 0 Å². The van der Waals surface area contributed by atoms with Crippen LogP contribution in [0.1, 0.15) is 51.4 Å². The van der Waals surface area contributed by atoms with Gasteiger partial charge in [0.25, 0.3) is 0 Å². The molecule has 0 aromatic rings. The second kappa shape index (κ2) is 19.8. The number of aliphatic hydroxyl groups is 2. The monoisotopic (exact) mass is 400 g/mol. The molecule has 4 N–H and O–H groups in total. The Morgan fingerprint density at radius 2 is 1.00 bits per heavy atom. The van der Waals surface area contributed by atoms with E-state index in [1.54, 1.807) is 0 Å². The molecule has 9 heteroatoms. The van der Waals surface area contributed by atoms with Crippen LogP contribution in [-0.4, -0.2) is 69.3 Å². The SMILES string of the molecule is C1CCC(OC2CCCC2)C1.O=C(O)CS.O=C(O)CS.OCCO. The van der Waals surface area contributed by atoms with Crippen LogP contribution in [0.25, 0.3) is 0 Å². The fourth-order valence-corrected chi connectivity index (χ4v) is 2.32. The van der Waals surface area contributed by atoms with Crippen LogP contribution < -0.4 is 0 Å². The lowest BCUT2D eigenvalue weighted by Crippen LogP contribution is -2.16. The van der Waals surface area contributed by atoms with Gasteiger partial charge in [-0.15, -0.1) is 0 Å². The number of ether oxygens (including phenoxy) is 1. The molecule has 7 nitrogen and oxygen atoms in total. The number of aliphatic carboxylic acids is 2. The normalized spacial score (nSPS) is 16.6. The summed E-state index contributed by atoms with van der Waals surface area (Å²) in [5.41, 5.74) is 0. The Balaban J connectivity index is 0. The molecule has 0 bridgehead atoms. The van der Waals surface area contributed by atoms with Gasteiger partial charge >= 0.3 is 11.9 Å². The van der Waals surface area contributed by atoms with Crippen LogP contribution in [0.3, 0.4) is 0 Å².